The summed E-state index contributed by atoms with van der Waals surface area (Å²) in [6.45, 7) is 2.17. The largest absolute Gasteiger partial charge is 0.306 e. The standard InChI is InChI=1S/C15H13BrF3N/c1-9(12-7-11(17)3-5-14(12)18)20-8-10-2-4-15(19)13(16)6-10/h2-7,9,20H,8H2,1H3. The molecule has 0 aliphatic carbocycles. The van der Waals surface area contributed by atoms with Crippen molar-refractivity contribution in [1.82, 2.24) is 5.32 Å². The van der Waals surface area contributed by atoms with Crippen LogP contribution in [0.4, 0.5) is 13.2 Å². The lowest BCUT2D eigenvalue weighted by molar-refractivity contribution is 0.518. The molecule has 0 bridgehead atoms. The van der Waals surface area contributed by atoms with Gasteiger partial charge in [0, 0.05) is 18.2 Å². The maximum atomic E-state index is 13.6. The van der Waals surface area contributed by atoms with Crippen LogP contribution >= 0.6 is 15.9 Å². The zero-order chi connectivity index (χ0) is 14.7. The van der Waals surface area contributed by atoms with Crippen molar-refractivity contribution in [2.75, 3.05) is 0 Å². The van der Waals surface area contributed by atoms with E-state index in [1.54, 1.807) is 19.1 Å². The van der Waals surface area contributed by atoms with Gasteiger partial charge in [0.15, 0.2) is 0 Å². The van der Waals surface area contributed by atoms with Crippen LogP contribution in [0.15, 0.2) is 40.9 Å². The summed E-state index contributed by atoms with van der Waals surface area (Å²) in [5.41, 5.74) is 1.12. The van der Waals surface area contributed by atoms with Crippen LogP contribution in [0.3, 0.4) is 0 Å². The average Bonchev–Trinajstić information content (AvgIpc) is 2.42. The summed E-state index contributed by atoms with van der Waals surface area (Å²) in [6.07, 6.45) is 0. The van der Waals surface area contributed by atoms with Gasteiger partial charge in [0.1, 0.15) is 17.5 Å². The Hall–Kier alpha value is -1.33. The Balaban J connectivity index is 2.06. The molecule has 0 fully saturated rings. The summed E-state index contributed by atoms with van der Waals surface area (Å²) < 4.78 is 40.2. The third-order valence-corrected chi connectivity index (χ3v) is 3.63. The normalized spacial score (nSPS) is 12.4. The van der Waals surface area contributed by atoms with Crippen LogP contribution in [0, 0.1) is 17.5 Å². The zero-order valence-electron chi connectivity index (χ0n) is 10.8. The smallest absolute Gasteiger partial charge is 0.137 e. The molecule has 0 aliphatic heterocycles. The molecule has 0 aromatic heterocycles. The third kappa shape index (κ3) is 3.61. The van der Waals surface area contributed by atoms with E-state index < -0.39 is 11.6 Å². The molecule has 0 radical (unpaired) electrons. The summed E-state index contributed by atoms with van der Waals surface area (Å²) >= 11 is 3.11. The monoisotopic (exact) mass is 343 g/mol. The minimum atomic E-state index is -0.473. The van der Waals surface area contributed by atoms with Gasteiger partial charge in [-0.3, -0.25) is 0 Å². The number of halogens is 4. The zero-order valence-corrected chi connectivity index (χ0v) is 12.3. The van der Waals surface area contributed by atoms with Crippen LogP contribution in [0.25, 0.3) is 0 Å². The first-order valence-electron chi connectivity index (χ1n) is 6.09. The lowest BCUT2D eigenvalue weighted by Crippen LogP contribution is -2.19. The molecule has 1 unspecified atom stereocenters. The average molecular weight is 344 g/mol. The molecule has 2 rings (SSSR count). The van der Waals surface area contributed by atoms with Gasteiger partial charge >= 0.3 is 0 Å². The van der Waals surface area contributed by atoms with Crippen LogP contribution in [0.2, 0.25) is 0 Å². The van der Waals surface area contributed by atoms with E-state index in [4.69, 9.17) is 0 Å². The van der Waals surface area contributed by atoms with Gasteiger partial charge < -0.3 is 5.32 Å². The summed E-state index contributed by atoms with van der Waals surface area (Å²) in [5, 5.41) is 3.08. The molecular weight excluding hydrogens is 331 g/mol. The first kappa shape index (κ1) is 15.1. The number of hydrogen-bond donors (Lipinski definition) is 1. The molecule has 1 N–H and O–H groups in total. The minimum absolute atomic E-state index is 0.270. The highest BCUT2D eigenvalue weighted by Crippen LogP contribution is 2.20. The van der Waals surface area contributed by atoms with Crippen molar-refractivity contribution in [2.45, 2.75) is 19.5 Å². The van der Waals surface area contributed by atoms with Crippen molar-refractivity contribution in [3.05, 3.63) is 69.4 Å². The molecule has 20 heavy (non-hydrogen) atoms. The topological polar surface area (TPSA) is 12.0 Å². The predicted molar refractivity (Wildman–Crippen MR) is 75.7 cm³/mol. The van der Waals surface area contributed by atoms with Crippen LogP contribution in [-0.4, -0.2) is 0 Å². The molecule has 0 heterocycles. The summed E-state index contributed by atoms with van der Waals surface area (Å²) in [6, 6.07) is 7.66. The van der Waals surface area contributed by atoms with Gasteiger partial charge in [0.25, 0.3) is 0 Å². The lowest BCUT2D eigenvalue weighted by Gasteiger charge is -2.15. The van der Waals surface area contributed by atoms with Crippen LogP contribution in [-0.2, 0) is 6.54 Å². The van der Waals surface area contributed by atoms with E-state index in [2.05, 4.69) is 21.2 Å². The van der Waals surface area contributed by atoms with E-state index in [0.717, 1.165) is 17.7 Å². The van der Waals surface area contributed by atoms with E-state index in [-0.39, 0.29) is 17.4 Å². The summed E-state index contributed by atoms with van der Waals surface area (Å²) in [4.78, 5) is 0. The maximum Gasteiger partial charge on any atom is 0.137 e. The first-order valence-corrected chi connectivity index (χ1v) is 6.89. The Bertz CT molecular complexity index is 616. The Kier molecular flexibility index (Phi) is 4.83. The molecule has 0 saturated carbocycles. The van der Waals surface area contributed by atoms with Gasteiger partial charge in [-0.05, 0) is 58.7 Å². The number of rotatable bonds is 4. The van der Waals surface area contributed by atoms with Crippen molar-refractivity contribution in [3.63, 3.8) is 0 Å². The molecule has 2 aromatic carbocycles. The van der Waals surface area contributed by atoms with Gasteiger partial charge in [-0.15, -0.1) is 0 Å². The van der Waals surface area contributed by atoms with E-state index >= 15 is 0 Å². The first-order chi connectivity index (χ1) is 9.47. The molecule has 2 aromatic rings. The van der Waals surface area contributed by atoms with Gasteiger partial charge in [-0.2, -0.15) is 0 Å². The summed E-state index contributed by atoms with van der Waals surface area (Å²) in [5.74, 6) is -1.26. The van der Waals surface area contributed by atoms with Crippen molar-refractivity contribution in [3.8, 4) is 0 Å². The molecule has 1 atom stereocenters. The van der Waals surface area contributed by atoms with Gasteiger partial charge in [-0.25, -0.2) is 13.2 Å². The maximum absolute atomic E-state index is 13.6. The number of benzene rings is 2. The molecule has 0 amide bonds. The number of nitrogens with one attached hydrogen (secondary N) is 1. The fourth-order valence-corrected chi connectivity index (χ4v) is 2.30. The van der Waals surface area contributed by atoms with Crippen molar-refractivity contribution >= 4 is 15.9 Å². The van der Waals surface area contributed by atoms with Crippen LogP contribution < -0.4 is 5.32 Å². The second kappa shape index (κ2) is 6.41. The molecule has 0 spiro atoms. The van der Waals surface area contributed by atoms with E-state index in [1.165, 1.54) is 12.1 Å². The van der Waals surface area contributed by atoms with Crippen LogP contribution in [0.1, 0.15) is 24.1 Å². The molecule has 0 aliphatic rings. The third-order valence-electron chi connectivity index (χ3n) is 3.02. The van der Waals surface area contributed by atoms with Gasteiger partial charge in [0.2, 0.25) is 0 Å². The molecule has 106 valence electrons. The van der Waals surface area contributed by atoms with E-state index in [1.807, 2.05) is 0 Å². The molecule has 5 heteroatoms. The van der Waals surface area contributed by atoms with E-state index in [9.17, 15) is 13.2 Å². The lowest BCUT2D eigenvalue weighted by atomic mass is 10.1. The SMILES string of the molecule is CC(NCc1ccc(F)c(Br)c1)c1cc(F)ccc1F. The van der Waals surface area contributed by atoms with Gasteiger partial charge in [-0.1, -0.05) is 6.07 Å². The van der Waals surface area contributed by atoms with Crippen molar-refractivity contribution in [1.29, 1.82) is 0 Å². The molecule has 1 nitrogen and oxygen atoms in total. The van der Waals surface area contributed by atoms with Crippen molar-refractivity contribution < 1.29 is 13.2 Å². The highest BCUT2D eigenvalue weighted by molar-refractivity contribution is 9.10. The Morgan fingerprint density at radius 1 is 1.05 bits per heavy atom. The quantitative estimate of drug-likeness (QED) is 0.847. The van der Waals surface area contributed by atoms with Gasteiger partial charge in [0.05, 0.1) is 4.47 Å². The predicted octanol–water partition coefficient (Wildman–Crippen LogP) is 4.72. The molecule has 0 saturated heterocycles. The Morgan fingerprint density at radius 3 is 2.45 bits per heavy atom. The second-order valence-corrected chi connectivity index (χ2v) is 5.37. The van der Waals surface area contributed by atoms with Crippen molar-refractivity contribution in [2.24, 2.45) is 0 Å². The fourth-order valence-electron chi connectivity index (χ4n) is 1.88. The van der Waals surface area contributed by atoms with E-state index in [0.29, 0.717) is 11.0 Å². The molecular formula is C15H13BrF3N. The Morgan fingerprint density at radius 2 is 1.75 bits per heavy atom. The minimum Gasteiger partial charge on any atom is -0.306 e. The highest BCUT2D eigenvalue weighted by atomic mass is 79.9. The van der Waals surface area contributed by atoms with Crippen LogP contribution in [0.5, 0.6) is 0 Å². The Labute approximate surface area is 123 Å². The highest BCUT2D eigenvalue weighted by Gasteiger charge is 2.11. The fraction of sp³-hybridized carbons (Fsp3) is 0.200. The second-order valence-electron chi connectivity index (χ2n) is 4.52. The number of hydrogen-bond acceptors (Lipinski definition) is 1. The summed E-state index contributed by atoms with van der Waals surface area (Å²) in [7, 11) is 0.